The van der Waals surface area contributed by atoms with Gasteiger partial charge in [-0.1, -0.05) is 0 Å². The quantitative estimate of drug-likeness (QED) is 0.643. The van der Waals surface area contributed by atoms with E-state index in [2.05, 4.69) is 21.2 Å². The van der Waals surface area contributed by atoms with Crippen LogP contribution in [0.3, 0.4) is 0 Å². The molecule has 0 saturated carbocycles. The highest BCUT2D eigenvalue weighted by atomic mass is 79.9. The van der Waals surface area contributed by atoms with Gasteiger partial charge in [0.05, 0.1) is 10.9 Å². The standard InChI is InChI=1S/C13H14BrF5N2/c14-8-1-2-9(15)11(12(8)16)10(7-13(17,18)19)21-5-3-20-4-6-21/h1-2,10,20H,3-7H2/t10-/m0/s1. The summed E-state index contributed by atoms with van der Waals surface area (Å²) in [7, 11) is 0. The predicted octanol–water partition coefficient (Wildman–Crippen LogP) is 3.63. The molecule has 0 radical (unpaired) electrons. The Balaban J connectivity index is 2.41. The normalized spacial score (nSPS) is 18.8. The summed E-state index contributed by atoms with van der Waals surface area (Å²) in [5.74, 6) is -1.92. The lowest BCUT2D eigenvalue weighted by atomic mass is 9.99. The molecule has 118 valence electrons. The number of hydrogen-bond acceptors (Lipinski definition) is 2. The molecule has 1 aromatic rings. The zero-order chi connectivity index (χ0) is 15.6. The third kappa shape index (κ3) is 4.14. The molecule has 21 heavy (non-hydrogen) atoms. The minimum Gasteiger partial charge on any atom is -0.314 e. The monoisotopic (exact) mass is 372 g/mol. The molecule has 1 aliphatic heterocycles. The summed E-state index contributed by atoms with van der Waals surface area (Å²) in [4.78, 5) is 1.47. The van der Waals surface area contributed by atoms with Crippen LogP contribution in [0.15, 0.2) is 16.6 Å². The number of piperazine rings is 1. The Morgan fingerprint density at radius 1 is 1.19 bits per heavy atom. The lowest BCUT2D eigenvalue weighted by Crippen LogP contribution is -2.46. The van der Waals surface area contributed by atoms with Gasteiger partial charge >= 0.3 is 6.18 Å². The molecule has 8 heteroatoms. The Hall–Kier alpha value is -0.730. The van der Waals surface area contributed by atoms with Gasteiger partial charge in [0, 0.05) is 37.8 Å². The molecule has 0 aromatic heterocycles. The lowest BCUT2D eigenvalue weighted by molar-refractivity contribution is -0.149. The van der Waals surface area contributed by atoms with Crippen LogP contribution < -0.4 is 5.32 Å². The molecule has 1 N–H and O–H groups in total. The number of benzene rings is 1. The fourth-order valence-electron chi connectivity index (χ4n) is 2.47. The van der Waals surface area contributed by atoms with Crippen molar-refractivity contribution in [3.8, 4) is 0 Å². The van der Waals surface area contributed by atoms with Gasteiger partial charge in [-0.15, -0.1) is 0 Å². The molecular weight excluding hydrogens is 359 g/mol. The number of nitrogens with zero attached hydrogens (tertiary/aromatic N) is 1. The first-order valence-electron chi connectivity index (χ1n) is 6.44. The van der Waals surface area contributed by atoms with Crippen LogP contribution in [-0.4, -0.2) is 37.3 Å². The van der Waals surface area contributed by atoms with E-state index in [1.807, 2.05) is 0 Å². The fraction of sp³-hybridized carbons (Fsp3) is 0.538. The summed E-state index contributed by atoms with van der Waals surface area (Å²) in [6.45, 7) is 1.61. The Morgan fingerprint density at radius 2 is 1.81 bits per heavy atom. The van der Waals surface area contributed by atoms with Crippen molar-refractivity contribution in [2.24, 2.45) is 0 Å². The van der Waals surface area contributed by atoms with Crippen LogP contribution >= 0.6 is 15.9 Å². The summed E-state index contributed by atoms with van der Waals surface area (Å²) in [5.41, 5.74) is -0.524. The van der Waals surface area contributed by atoms with E-state index in [0.29, 0.717) is 26.2 Å². The summed E-state index contributed by atoms with van der Waals surface area (Å²) in [5, 5.41) is 3.00. The van der Waals surface area contributed by atoms with E-state index >= 15 is 0 Å². The Kier molecular flexibility index (Phi) is 5.21. The van der Waals surface area contributed by atoms with E-state index in [1.54, 1.807) is 0 Å². The molecule has 1 fully saturated rings. The molecule has 1 aliphatic rings. The highest BCUT2D eigenvalue weighted by Gasteiger charge is 2.38. The maximum Gasteiger partial charge on any atom is 0.390 e. The van der Waals surface area contributed by atoms with Gasteiger partial charge in [-0.05, 0) is 28.1 Å². The second-order valence-electron chi connectivity index (χ2n) is 4.88. The maximum absolute atomic E-state index is 14.1. The molecule has 1 heterocycles. The Bertz CT molecular complexity index is 500. The van der Waals surface area contributed by atoms with Crippen LogP contribution in [0.4, 0.5) is 22.0 Å². The fourth-order valence-corrected chi connectivity index (χ4v) is 2.82. The van der Waals surface area contributed by atoms with Crippen molar-refractivity contribution < 1.29 is 22.0 Å². The molecule has 0 bridgehead atoms. The van der Waals surface area contributed by atoms with Crippen molar-refractivity contribution in [3.05, 3.63) is 33.8 Å². The van der Waals surface area contributed by atoms with Crippen molar-refractivity contribution in [3.63, 3.8) is 0 Å². The van der Waals surface area contributed by atoms with E-state index in [-0.39, 0.29) is 4.47 Å². The number of nitrogens with one attached hydrogen (secondary N) is 1. The van der Waals surface area contributed by atoms with Crippen LogP contribution in [0.25, 0.3) is 0 Å². The molecular formula is C13H14BrF5N2. The number of hydrogen-bond donors (Lipinski definition) is 1. The third-order valence-electron chi connectivity index (χ3n) is 3.43. The molecule has 1 aromatic carbocycles. The average molecular weight is 373 g/mol. The summed E-state index contributed by atoms with van der Waals surface area (Å²) >= 11 is 2.90. The van der Waals surface area contributed by atoms with Crippen LogP contribution in [0, 0.1) is 11.6 Å². The lowest BCUT2D eigenvalue weighted by Gasteiger charge is -2.36. The molecule has 1 atom stereocenters. The van der Waals surface area contributed by atoms with Gasteiger partial charge in [0.2, 0.25) is 0 Å². The number of alkyl halides is 3. The van der Waals surface area contributed by atoms with Gasteiger partial charge in [0.1, 0.15) is 11.6 Å². The second kappa shape index (κ2) is 6.58. The van der Waals surface area contributed by atoms with Gasteiger partial charge in [-0.25, -0.2) is 8.78 Å². The topological polar surface area (TPSA) is 15.3 Å². The summed E-state index contributed by atoms with van der Waals surface area (Å²) in [6, 6.07) is 0.773. The van der Waals surface area contributed by atoms with E-state index in [0.717, 1.165) is 12.1 Å². The molecule has 0 aliphatic carbocycles. The van der Waals surface area contributed by atoms with Crippen LogP contribution in [-0.2, 0) is 0 Å². The minimum absolute atomic E-state index is 0.0405. The van der Waals surface area contributed by atoms with Crippen molar-refractivity contribution in [1.29, 1.82) is 0 Å². The van der Waals surface area contributed by atoms with Gasteiger partial charge in [-0.2, -0.15) is 13.2 Å². The third-order valence-corrected chi connectivity index (χ3v) is 4.04. The number of halogens is 6. The largest absolute Gasteiger partial charge is 0.390 e. The van der Waals surface area contributed by atoms with Gasteiger partial charge in [0.25, 0.3) is 0 Å². The Morgan fingerprint density at radius 3 is 2.38 bits per heavy atom. The summed E-state index contributed by atoms with van der Waals surface area (Å²) < 4.78 is 66.5. The van der Waals surface area contributed by atoms with Gasteiger partial charge in [0.15, 0.2) is 0 Å². The van der Waals surface area contributed by atoms with Gasteiger partial charge < -0.3 is 5.32 Å². The first kappa shape index (κ1) is 16.6. The maximum atomic E-state index is 14.1. The Labute approximate surface area is 127 Å². The van der Waals surface area contributed by atoms with Crippen molar-refractivity contribution >= 4 is 15.9 Å². The van der Waals surface area contributed by atoms with E-state index in [9.17, 15) is 22.0 Å². The van der Waals surface area contributed by atoms with Crippen LogP contribution in [0.5, 0.6) is 0 Å². The van der Waals surface area contributed by atoms with E-state index in [4.69, 9.17) is 0 Å². The van der Waals surface area contributed by atoms with Crippen LogP contribution in [0.1, 0.15) is 18.0 Å². The first-order chi connectivity index (χ1) is 9.79. The highest BCUT2D eigenvalue weighted by molar-refractivity contribution is 9.10. The molecule has 2 nitrogen and oxygen atoms in total. The molecule has 1 saturated heterocycles. The zero-order valence-corrected chi connectivity index (χ0v) is 12.6. The van der Waals surface area contributed by atoms with E-state index < -0.39 is 35.8 Å². The zero-order valence-electron chi connectivity index (χ0n) is 11.0. The average Bonchev–Trinajstić information content (AvgIpc) is 2.42. The molecule has 0 amide bonds. The van der Waals surface area contributed by atoms with Crippen molar-refractivity contribution in [1.82, 2.24) is 10.2 Å². The molecule has 0 unspecified atom stereocenters. The van der Waals surface area contributed by atoms with E-state index in [1.165, 1.54) is 4.90 Å². The molecule has 2 rings (SSSR count). The van der Waals surface area contributed by atoms with Crippen molar-refractivity contribution in [2.75, 3.05) is 26.2 Å². The SMILES string of the molecule is Fc1ccc(Br)c(F)c1[C@H](CC(F)(F)F)N1CCNCC1. The summed E-state index contributed by atoms with van der Waals surface area (Å²) in [6.07, 6.45) is -5.78. The smallest absolute Gasteiger partial charge is 0.314 e. The first-order valence-corrected chi connectivity index (χ1v) is 7.24. The highest BCUT2D eigenvalue weighted by Crippen LogP contribution is 2.37. The van der Waals surface area contributed by atoms with Gasteiger partial charge in [-0.3, -0.25) is 4.90 Å². The van der Waals surface area contributed by atoms with Crippen LogP contribution in [0.2, 0.25) is 0 Å². The second-order valence-corrected chi connectivity index (χ2v) is 5.73. The molecule has 0 spiro atoms. The minimum atomic E-state index is -4.50. The van der Waals surface area contributed by atoms with Crippen molar-refractivity contribution in [2.45, 2.75) is 18.6 Å². The predicted molar refractivity (Wildman–Crippen MR) is 71.9 cm³/mol. The number of rotatable bonds is 3.